The number of hydrogen-bond donors (Lipinski definition) is 0. The number of carbonyl (C=O) groups is 1. The molecule has 1 amide bonds. The molecular formula is C28H26BrClN4O4S. The zero-order valence-electron chi connectivity index (χ0n) is 21.6. The Kier molecular flexibility index (Phi) is 7.21. The molecule has 0 aliphatic carbocycles. The number of fused-ring (bicyclic) bond motifs is 1. The van der Waals surface area contributed by atoms with Crippen molar-refractivity contribution in [2.45, 2.75) is 24.7 Å². The van der Waals surface area contributed by atoms with Crippen LogP contribution in [0, 0.1) is 6.92 Å². The van der Waals surface area contributed by atoms with E-state index >= 15 is 0 Å². The van der Waals surface area contributed by atoms with Crippen LogP contribution in [0.3, 0.4) is 0 Å². The molecule has 39 heavy (non-hydrogen) atoms. The van der Waals surface area contributed by atoms with Crippen LogP contribution in [0.15, 0.2) is 80.9 Å². The molecule has 0 atom stereocenters. The third-order valence-electron chi connectivity index (χ3n) is 7.06. The maximum absolute atomic E-state index is 13.8. The predicted molar refractivity (Wildman–Crippen MR) is 157 cm³/mol. The molecule has 3 aromatic carbocycles. The molecule has 0 radical (unpaired) electrons. The summed E-state index contributed by atoms with van der Waals surface area (Å²) in [5.41, 5.74) is 2.57. The Balaban J connectivity index is 1.52. The highest BCUT2D eigenvalue weighted by molar-refractivity contribution is 9.10. The lowest BCUT2D eigenvalue weighted by molar-refractivity contribution is 0.0985. The minimum absolute atomic E-state index is 0.0301. The summed E-state index contributed by atoms with van der Waals surface area (Å²) in [4.78, 5) is 28.6. The van der Waals surface area contributed by atoms with Crippen LogP contribution in [0.4, 0.5) is 11.4 Å². The van der Waals surface area contributed by atoms with E-state index in [-0.39, 0.29) is 22.1 Å². The lowest BCUT2D eigenvalue weighted by Crippen LogP contribution is -2.36. The van der Waals surface area contributed by atoms with E-state index in [0.29, 0.717) is 28.6 Å². The third-order valence-corrected chi connectivity index (χ3v) is 9.74. The average Bonchev–Trinajstić information content (AvgIpc) is 3.15. The van der Waals surface area contributed by atoms with Crippen LogP contribution in [-0.4, -0.2) is 37.3 Å². The number of halogens is 2. The lowest BCUT2D eigenvalue weighted by Gasteiger charge is -2.30. The van der Waals surface area contributed by atoms with Crippen LogP contribution in [0.5, 0.6) is 0 Å². The maximum atomic E-state index is 13.8. The van der Waals surface area contributed by atoms with E-state index in [9.17, 15) is 18.0 Å². The molecule has 0 N–H and O–H groups in total. The largest absolute Gasteiger partial charge is 0.308 e. The maximum Gasteiger partial charge on any atom is 0.296 e. The van der Waals surface area contributed by atoms with Crippen molar-refractivity contribution >= 4 is 54.8 Å². The van der Waals surface area contributed by atoms with Gasteiger partial charge in [0, 0.05) is 41.4 Å². The lowest BCUT2D eigenvalue weighted by atomic mass is 10.0. The number of rotatable bonds is 5. The summed E-state index contributed by atoms with van der Waals surface area (Å²) in [6, 6.07) is 18.5. The number of aromatic nitrogens is 2. The topological polar surface area (TPSA) is 84.6 Å². The first-order chi connectivity index (χ1) is 18.5. The Hall–Kier alpha value is -3.34. The number of sulfonamides is 1. The van der Waals surface area contributed by atoms with Crippen LogP contribution in [-0.2, 0) is 23.5 Å². The first-order valence-electron chi connectivity index (χ1n) is 12.2. The molecule has 0 spiro atoms. The Morgan fingerprint density at radius 2 is 1.77 bits per heavy atom. The minimum Gasteiger partial charge on any atom is -0.308 e. The summed E-state index contributed by atoms with van der Waals surface area (Å²) in [7, 11) is -1.12. The van der Waals surface area contributed by atoms with E-state index in [1.54, 1.807) is 66.0 Å². The molecule has 0 saturated heterocycles. The smallest absolute Gasteiger partial charge is 0.296 e. The summed E-state index contributed by atoms with van der Waals surface area (Å²) in [5.74, 6) is -0.327. The number of amides is 1. The summed E-state index contributed by atoms with van der Waals surface area (Å²) in [5, 5.41) is 0.498. The van der Waals surface area contributed by atoms with Crippen LogP contribution in [0.25, 0.3) is 5.69 Å². The zero-order chi connectivity index (χ0) is 28.1. The van der Waals surface area contributed by atoms with Crippen LogP contribution >= 0.6 is 27.5 Å². The summed E-state index contributed by atoms with van der Waals surface area (Å²) in [6.07, 6.45) is 1.56. The Morgan fingerprint density at radius 1 is 1.05 bits per heavy atom. The van der Waals surface area contributed by atoms with Gasteiger partial charge in [-0.05, 0) is 67.8 Å². The second-order valence-electron chi connectivity index (χ2n) is 9.36. The van der Waals surface area contributed by atoms with Gasteiger partial charge in [0.25, 0.3) is 21.5 Å². The Bertz CT molecular complexity index is 1770. The van der Waals surface area contributed by atoms with Gasteiger partial charge in [-0.15, -0.1) is 0 Å². The Morgan fingerprint density at radius 3 is 2.49 bits per heavy atom. The molecule has 4 aromatic rings. The molecule has 11 heteroatoms. The molecule has 1 aliphatic rings. The van der Waals surface area contributed by atoms with Gasteiger partial charge >= 0.3 is 0 Å². The van der Waals surface area contributed by atoms with Gasteiger partial charge in [-0.25, -0.2) is 13.1 Å². The number of benzene rings is 3. The molecule has 2 heterocycles. The second kappa shape index (κ2) is 10.3. The molecule has 0 saturated carbocycles. The molecule has 8 nitrogen and oxygen atoms in total. The van der Waals surface area contributed by atoms with Crippen molar-refractivity contribution in [2.24, 2.45) is 7.05 Å². The molecule has 5 rings (SSSR count). The van der Waals surface area contributed by atoms with Crippen molar-refractivity contribution < 1.29 is 13.2 Å². The van der Waals surface area contributed by atoms with Crippen molar-refractivity contribution in [1.29, 1.82) is 0 Å². The summed E-state index contributed by atoms with van der Waals surface area (Å²) >= 11 is 9.81. The quantitative estimate of drug-likeness (QED) is 0.299. The van der Waals surface area contributed by atoms with E-state index < -0.39 is 15.6 Å². The predicted octanol–water partition coefficient (Wildman–Crippen LogP) is 5.32. The fourth-order valence-corrected chi connectivity index (χ4v) is 7.25. The summed E-state index contributed by atoms with van der Waals surface area (Å²) in [6.45, 7) is 2.18. The van der Waals surface area contributed by atoms with Gasteiger partial charge in [0.05, 0.1) is 16.3 Å². The van der Waals surface area contributed by atoms with E-state index in [1.807, 2.05) is 6.07 Å². The van der Waals surface area contributed by atoms with E-state index in [1.165, 1.54) is 29.9 Å². The van der Waals surface area contributed by atoms with Crippen molar-refractivity contribution in [3.63, 3.8) is 0 Å². The van der Waals surface area contributed by atoms with Crippen molar-refractivity contribution in [3.8, 4) is 5.69 Å². The molecule has 1 aromatic heterocycles. The second-order valence-corrected chi connectivity index (χ2v) is 12.6. The molecule has 0 bridgehead atoms. The van der Waals surface area contributed by atoms with Gasteiger partial charge < -0.3 is 4.90 Å². The standard InChI is InChI=1S/C28H26BrClN4O4S/c1-18-26(28(36)34(31(18)2)21-10-5-4-6-11-21)32(3)39(37,38)22-12-7-9-19(15-22)27(35)33-14-8-13-23-24(29)16-20(30)17-25(23)33/h4-7,9-12,15-17H,8,13-14H2,1-3H3. The minimum atomic E-state index is -4.18. The normalized spacial score (nSPS) is 13.3. The highest BCUT2D eigenvalue weighted by Crippen LogP contribution is 2.37. The molecule has 0 fully saturated rings. The van der Waals surface area contributed by atoms with Gasteiger partial charge in [0.15, 0.2) is 0 Å². The molecule has 0 unspecified atom stereocenters. The van der Waals surface area contributed by atoms with Crippen molar-refractivity contribution in [1.82, 2.24) is 9.36 Å². The van der Waals surface area contributed by atoms with Crippen molar-refractivity contribution in [2.75, 3.05) is 22.8 Å². The number of para-hydroxylation sites is 1. The van der Waals surface area contributed by atoms with Crippen LogP contribution < -0.4 is 14.8 Å². The first-order valence-corrected chi connectivity index (χ1v) is 14.9. The Labute approximate surface area is 240 Å². The average molecular weight is 630 g/mol. The summed E-state index contributed by atoms with van der Waals surface area (Å²) < 4.78 is 32.4. The van der Waals surface area contributed by atoms with Crippen LogP contribution in [0.1, 0.15) is 28.0 Å². The molecule has 1 aliphatic heterocycles. The van der Waals surface area contributed by atoms with Crippen molar-refractivity contribution in [3.05, 3.63) is 103 Å². The zero-order valence-corrected chi connectivity index (χ0v) is 24.7. The van der Waals surface area contributed by atoms with Crippen LogP contribution in [0.2, 0.25) is 5.02 Å². The highest BCUT2D eigenvalue weighted by atomic mass is 79.9. The molecular weight excluding hydrogens is 604 g/mol. The van der Waals surface area contributed by atoms with E-state index in [2.05, 4.69) is 15.9 Å². The van der Waals surface area contributed by atoms with Gasteiger partial charge in [-0.1, -0.05) is 51.8 Å². The fourth-order valence-electron chi connectivity index (χ4n) is 4.96. The number of nitrogens with zero attached hydrogens (tertiary/aromatic N) is 4. The van der Waals surface area contributed by atoms with Gasteiger partial charge in [-0.3, -0.25) is 18.6 Å². The molecule has 202 valence electrons. The monoisotopic (exact) mass is 628 g/mol. The fraction of sp³-hybridized carbons (Fsp3) is 0.214. The number of anilines is 2. The van der Waals surface area contributed by atoms with Gasteiger partial charge in [0.2, 0.25) is 0 Å². The first kappa shape index (κ1) is 27.2. The van der Waals surface area contributed by atoms with E-state index in [4.69, 9.17) is 11.6 Å². The number of hydrogen-bond acceptors (Lipinski definition) is 4. The van der Waals surface area contributed by atoms with E-state index in [0.717, 1.165) is 27.2 Å². The highest BCUT2D eigenvalue weighted by Gasteiger charge is 2.31. The number of carbonyl (C=O) groups excluding carboxylic acids is 1. The van der Waals surface area contributed by atoms with Gasteiger partial charge in [-0.2, -0.15) is 0 Å². The van der Waals surface area contributed by atoms with Gasteiger partial charge in [0.1, 0.15) is 5.69 Å². The SMILES string of the molecule is Cc1c(N(C)S(=O)(=O)c2cccc(C(=O)N3CCCc4c(Br)cc(Cl)cc43)c2)c(=O)n(-c2ccccc2)n1C. The third kappa shape index (κ3) is 4.70.